The second-order valence-corrected chi connectivity index (χ2v) is 3.86. The smallest absolute Gasteiger partial charge is 0.0977 e. The maximum Gasteiger partial charge on any atom is 0.0977 e. The van der Waals surface area contributed by atoms with Crippen LogP contribution in [0.4, 0.5) is 0 Å². The molecule has 0 bridgehead atoms. The van der Waals surface area contributed by atoms with Crippen LogP contribution in [0.5, 0.6) is 0 Å². The Hall–Kier alpha value is -0.120. The van der Waals surface area contributed by atoms with Gasteiger partial charge in [-0.25, -0.2) is 9.78 Å². The molecule has 0 amide bonds. The third kappa shape index (κ3) is 3.25. The van der Waals surface area contributed by atoms with Gasteiger partial charge in [-0.15, -0.1) is 0 Å². The van der Waals surface area contributed by atoms with E-state index in [1.807, 2.05) is 0 Å². The normalized spacial score (nSPS) is 30.7. The molecule has 3 heteroatoms. The van der Waals surface area contributed by atoms with Gasteiger partial charge in [-0.3, -0.25) is 4.90 Å². The van der Waals surface area contributed by atoms with Gasteiger partial charge < -0.3 is 0 Å². The van der Waals surface area contributed by atoms with Crippen LogP contribution >= 0.6 is 0 Å². The summed E-state index contributed by atoms with van der Waals surface area (Å²) < 4.78 is 0. The fourth-order valence-electron chi connectivity index (χ4n) is 2.04. The third-order valence-electron chi connectivity index (χ3n) is 2.88. The van der Waals surface area contributed by atoms with Crippen molar-refractivity contribution in [1.82, 2.24) is 4.90 Å². The summed E-state index contributed by atoms with van der Waals surface area (Å²) in [5.74, 6) is 0.827. The molecule has 1 aliphatic rings. The van der Waals surface area contributed by atoms with E-state index in [0.717, 1.165) is 12.5 Å². The number of likely N-dealkylation sites (tertiary alicyclic amines) is 1. The van der Waals surface area contributed by atoms with Crippen LogP contribution in [0.25, 0.3) is 0 Å². The van der Waals surface area contributed by atoms with Crippen molar-refractivity contribution in [3.8, 4) is 0 Å². The topological polar surface area (TPSA) is 21.7 Å². The van der Waals surface area contributed by atoms with Crippen molar-refractivity contribution >= 4 is 0 Å². The van der Waals surface area contributed by atoms with Crippen LogP contribution in [-0.4, -0.2) is 37.7 Å². The molecule has 0 aromatic heterocycles. The van der Waals surface area contributed by atoms with Gasteiger partial charge in [0.2, 0.25) is 0 Å². The lowest BCUT2D eigenvalue weighted by atomic mass is 9.93. The largest absolute Gasteiger partial charge is 0.298 e. The SMILES string of the molecule is CCN1CCC(C)CC1COOC. The Labute approximate surface area is 80.9 Å². The zero-order valence-corrected chi connectivity index (χ0v) is 8.95. The Morgan fingerprint density at radius 3 is 2.85 bits per heavy atom. The fourth-order valence-corrected chi connectivity index (χ4v) is 2.04. The van der Waals surface area contributed by atoms with Crippen molar-refractivity contribution in [2.45, 2.75) is 32.7 Å². The lowest BCUT2D eigenvalue weighted by Gasteiger charge is -2.37. The fraction of sp³-hybridized carbons (Fsp3) is 1.00. The number of rotatable bonds is 4. The molecular weight excluding hydrogens is 166 g/mol. The Balaban J connectivity index is 2.35. The molecule has 0 aromatic rings. The van der Waals surface area contributed by atoms with Crippen molar-refractivity contribution in [3.05, 3.63) is 0 Å². The van der Waals surface area contributed by atoms with Gasteiger partial charge in [-0.2, -0.15) is 0 Å². The zero-order valence-electron chi connectivity index (χ0n) is 8.95. The summed E-state index contributed by atoms with van der Waals surface area (Å²) in [6.45, 7) is 7.54. The van der Waals surface area contributed by atoms with E-state index < -0.39 is 0 Å². The number of hydrogen-bond donors (Lipinski definition) is 0. The minimum Gasteiger partial charge on any atom is -0.298 e. The third-order valence-corrected chi connectivity index (χ3v) is 2.88. The molecule has 0 aromatic carbocycles. The molecule has 0 radical (unpaired) electrons. The lowest BCUT2D eigenvalue weighted by Crippen LogP contribution is -2.44. The molecule has 1 heterocycles. The van der Waals surface area contributed by atoms with Gasteiger partial charge in [0.1, 0.15) is 0 Å². The second kappa shape index (κ2) is 5.58. The molecular formula is C10H21NO2. The van der Waals surface area contributed by atoms with Crippen LogP contribution in [0.1, 0.15) is 26.7 Å². The van der Waals surface area contributed by atoms with E-state index in [9.17, 15) is 0 Å². The minimum absolute atomic E-state index is 0.550. The average molecular weight is 187 g/mol. The maximum atomic E-state index is 5.01. The van der Waals surface area contributed by atoms with Crippen molar-refractivity contribution in [2.24, 2.45) is 5.92 Å². The summed E-state index contributed by atoms with van der Waals surface area (Å²) in [6, 6.07) is 0.550. The number of piperidine rings is 1. The molecule has 1 rings (SSSR count). The Kier molecular flexibility index (Phi) is 4.70. The summed E-state index contributed by atoms with van der Waals surface area (Å²) in [4.78, 5) is 12.1. The molecule has 0 spiro atoms. The van der Waals surface area contributed by atoms with Crippen molar-refractivity contribution in [3.63, 3.8) is 0 Å². The quantitative estimate of drug-likeness (QED) is 0.494. The van der Waals surface area contributed by atoms with Gasteiger partial charge in [-0.1, -0.05) is 13.8 Å². The number of likely N-dealkylation sites (N-methyl/N-ethyl adjacent to an activating group) is 1. The molecule has 78 valence electrons. The van der Waals surface area contributed by atoms with Gasteiger partial charge in [0.15, 0.2) is 0 Å². The second-order valence-electron chi connectivity index (χ2n) is 3.86. The van der Waals surface area contributed by atoms with E-state index >= 15 is 0 Å². The molecule has 0 saturated carbocycles. The molecule has 0 aliphatic carbocycles. The van der Waals surface area contributed by atoms with E-state index in [-0.39, 0.29) is 0 Å². The van der Waals surface area contributed by atoms with Gasteiger partial charge in [0, 0.05) is 6.04 Å². The Morgan fingerprint density at radius 1 is 1.46 bits per heavy atom. The first-order valence-electron chi connectivity index (χ1n) is 5.17. The summed E-state index contributed by atoms with van der Waals surface area (Å²) in [5.41, 5.74) is 0. The highest BCUT2D eigenvalue weighted by Gasteiger charge is 2.25. The molecule has 3 nitrogen and oxygen atoms in total. The van der Waals surface area contributed by atoms with Crippen LogP contribution in [0.3, 0.4) is 0 Å². The standard InChI is InChI=1S/C10H21NO2/c1-4-11-6-5-9(2)7-10(11)8-13-12-3/h9-10H,4-8H2,1-3H3. The van der Waals surface area contributed by atoms with E-state index in [1.165, 1.54) is 19.4 Å². The van der Waals surface area contributed by atoms with Gasteiger partial charge in [-0.05, 0) is 31.8 Å². The van der Waals surface area contributed by atoms with E-state index in [4.69, 9.17) is 4.89 Å². The predicted molar refractivity (Wildman–Crippen MR) is 52.4 cm³/mol. The Morgan fingerprint density at radius 2 is 2.23 bits per heavy atom. The van der Waals surface area contributed by atoms with Gasteiger partial charge in [0.05, 0.1) is 13.7 Å². The molecule has 1 saturated heterocycles. The Bertz CT molecular complexity index is 141. The van der Waals surface area contributed by atoms with Crippen LogP contribution in [0, 0.1) is 5.92 Å². The van der Waals surface area contributed by atoms with Crippen LogP contribution < -0.4 is 0 Å². The summed E-state index contributed by atoms with van der Waals surface area (Å²) in [5, 5.41) is 0. The molecule has 1 fully saturated rings. The van der Waals surface area contributed by atoms with E-state index in [2.05, 4.69) is 23.6 Å². The lowest BCUT2D eigenvalue weighted by molar-refractivity contribution is -0.282. The first-order chi connectivity index (χ1) is 6.27. The summed E-state index contributed by atoms with van der Waals surface area (Å²) in [6.07, 6.45) is 2.55. The minimum atomic E-state index is 0.550. The van der Waals surface area contributed by atoms with Crippen LogP contribution in [-0.2, 0) is 9.78 Å². The molecule has 2 unspecified atom stereocenters. The summed E-state index contributed by atoms with van der Waals surface area (Å²) >= 11 is 0. The summed E-state index contributed by atoms with van der Waals surface area (Å²) in [7, 11) is 1.57. The van der Waals surface area contributed by atoms with E-state index in [1.54, 1.807) is 7.11 Å². The van der Waals surface area contributed by atoms with Crippen LogP contribution in [0.2, 0.25) is 0 Å². The van der Waals surface area contributed by atoms with Gasteiger partial charge >= 0.3 is 0 Å². The van der Waals surface area contributed by atoms with Crippen LogP contribution in [0.15, 0.2) is 0 Å². The molecule has 0 N–H and O–H groups in total. The highest BCUT2D eigenvalue weighted by atomic mass is 17.2. The number of nitrogens with zero attached hydrogens (tertiary/aromatic N) is 1. The predicted octanol–water partition coefficient (Wildman–Crippen LogP) is 1.68. The molecule has 13 heavy (non-hydrogen) atoms. The first kappa shape index (κ1) is 11.0. The van der Waals surface area contributed by atoms with Crippen molar-refractivity contribution in [1.29, 1.82) is 0 Å². The maximum absolute atomic E-state index is 5.01. The average Bonchev–Trinajstić information content (AvgIpc) is 2.15. The van der Waals surface area contributed by atoms with Crippen molar-refractivity contribution < 1.29 is 9.78 Å². The van der Waals surface area contributed by atoms with Gasteiger partial charge in [0.25, 0.3) is 0 Å². The van der Waals surface area contributed by atoms with E-state index in [0.29, 0.717) is 12.6 Å². The molecule has 2 atom stereocenters. The van der Waals surface area contributed by atoms with Crippen molar-refractivity contribution in [2.75, 3.05) is 26.8 Å². The number of hydrogen-bond acceptors (Lipinski definition) is 3. The highest BCUT2D eigenvalue weighted by Crippen LogP contribution is 2.22. The zero-order chi connectivity index (χ0) is 9.68. The molecule has 1 aliphatic heterocycles. The first-order valence-corrected chi connectivity index (χ1v) is 5.17. The monoisotopic (exact) mass is 187 g/mol. The highest BCUT2D eigenvalue weighted by molar-refractivity contribution is 4.78.